The summed E-state index contributed by atoms with van der Waals surface area (Å²) in [7, 11) is 3.58. The lowest BCUT2D eigenvalue weighted by molar-refractivity contribution is 0.184. The van der Waals surface area contributed by atoms with E-state index < -0.39 is 0 Å². The summed E-state index contributed by atoms with van der Waals surface area (Å²) < 4.78 is 10.7. The Labute approximate surface area is 97.1 Å². The van der Waals surface area contributed by atoms with Crippen LogP contribution in [0.25, 0.3) is 0 Å². The second-order valence-corrected chi connectivity index (χ2v) is 3.65. The fraction of sp³-hybridized carbons (Fsp3) is 0.385. The van der Waals surface area contributed by atoms with E-state index in [1.165, 1.54) is 0 Å². The molecule has 0 aliphatic heterocycles. The molecule has 3 nitrogen and oxygen atoms in total. The Morgan fingerprint density at radius 2 is 2.25 bits per heavy atom. The molecule has 1 rings (SSSR count). The maximum atomic E-state index is 5.61. The molecule has 0 aromatic heterocycles. The van der Waals surface area contributed by atoms with Crippen LogP contribution >= 0.6 is 0 Å². The summed E-state index contributed by atoms with van der Waals surface area (Å²) in [6.07, 6.45) is 0. The number of likely N-dealkylation sites (N-methyl/N-ethyl adjacent to an activating group) is 1. The first-order valence-electron chi connectivity index (χ1n) is 5.28. The van der Waals surface area contributed by atoms with Crippen LogP contribution in [0.2, 0.25) is 0 Å². The molecule has 0 saturated heterocycles. The molecular formula is C13H19NO2. The van der Waals surface area contributed by atoms with Crippen molar-refractivity contribution in [1.29, 1.82) is 0 Å². The summed E-state index contributed by atoms with van der Waals surface area (Å²) in [5.74, 6) is 0.854. The number of nitrogens with one attached hydrogen (secondary N) is 1. The Hall–Kier alpha value is -1.32. The van der Waals surface area contributed by atoms with Gasteiger partial charge in [0.15, 0.2) is 0 Å². The average Bonchev–Trinajstić information content (AvgIpc) is 2.28. The highest BCUT2D eigenvalue weighted by molar-refractivity contribution is 5.28. The van der Waals surface area contributed by atoms with Crippen molar-refractivity contribution in [3.8, 4) is 5.75 Å². The summed E-state index contributed by atoms with van der Waals surface area (Å²) >= 11 is 0. The molecule has 1 aromatic rings. The fourth-order valence-electron chi connectivity index (χ4n) is 1.38. The lowest BCUT2D eigenvalue weighted by Crippen LogP contribution is -2.14. The van der Waals surface area contributed by atoms with Gasteiger partial charge in [0.25, 0.3) is 0 Å². The van der Waals surface area contributed by atoms with Gasteiger partial charge < -0.3 is 14.8 Å². The molecule has 0 bridgehead atoms. The SMILES string of the molecule is C=C(CNC)COc1cccc(COC)c1. The number of rotatable bonds is 7. The highest BCUT2D eigenvalue weighted by Gasteiger charge is 1.98. The van der Waals surface area contributed by atoms with Crippen molar-refractivity contribution in [2.75, 3.05) is 27.3 Å². The van der Waals surface area contributed by atoms with Gasteiger partial charge in [0, 0.05) is 13.7 Å². The molecule has 0 atom stereocenters. The third kappa shape index (κ3) is 4.47. The van der Waals surface area contributed by atoms with E-state index in [1.54, 1.807) is 7.11 Å². The van der Waals surface area contributed by atoms with Crippen LogP contribution in [0.4, 0.5) is 0 Å². The molecule has 16 heavy (non-hydrogen) atoms. The van der Waals surface area contributed by atoms with Gasteiger partial charge in [0.05, 0.1) is 6.61 Å². The largest absolute Gasteiger partial charge is 0.489 e. The minimum Gasteiger partial charge on any atom is -0.489 e. The molecule has 1 N–H and O–H groups in total. The molecule has 0 aliphatic rings. The number of hydrogen-bond donors (Lipinski definition) is 1. The molecule has 88 valence electrons. The second-order valence-electron chi connectivity index (χ2n) is 3.65. The number of hydrogen-bond acceptors (Lipinski definition) is 3. The smallest absolute Gasteiger partial charge is 0.120 e. The molecule has 0 heterocycles. The van der Waals surface area contributed by atoms with E-state index in [0.717, 1.165) is 23.4 Å². The minimum absolute atomic E-state index is 0.539. The molecule has 0 spiro atoms. The van der Waals surface area contributed by atoms with Crippen LogP contribution in [0.3, 0.4) is 0 Å². The van der Waals surface area contributed by atoms with Gasteiger partial charge in [-0.25, -0.2) is 0 Å². The van der Waals surface area contributed by atoms with Crippen LogP contribution in [0.5, 0.6) is 5.75 Å². The van der Waals surface area contributed by atoms with E-state index in [9.17, 15) is 0 Å². The van der Waals surface area contributed by atoms with Gasteiger partial charge in [-0.3, -0.25) is 0 Å². The molecule has 3 heteroatoms. The van der Waals surface area contributed by atoms with Crippen LogP contribution < -0.4 is 10.1 Å². The molecule has 0 fully saturated rings. The average molecular weight is 221 g/mol. The number of benzene rings is 1. The normalized spacial score (nSPS) is 10.1. The first-order chi connectivity index (χ1) is 7.76. The highest BCUT2D eigenvalue weighted by Crippen LogP contribution is 2.14. The van der Waals surface area contributed by atoms with Crippen LogP contribution in [0.1, 0.15) is 5.56 Å². The highest BCUT2D eigenvalue weighted by atomic mass is 16.5. The number of ether oxygens (including phenoxy) is 2. The van der Waals surface area contributed by atoms with Crippen molar-refractivity contribution in [1.82, 2.24) is 5.32 Å². The standard InChI is InChI=1S/C13H19NO2/c1-11(8-14-2)9-16-13-6-4-5-12(7-13)10-15-3/h4-7,14H,1,8-10H2,2-3H3. The Morgan fingerprint density at radius 1 is 1.44 bits per heavy atom. The summed E-state index contributed by atoms with van der Waals surface area (Å²) in [5, 5.41) is 3.04. The first kappa shape index (κ1) is 12.7. The third-order valence-corrected chi connectivity index (χ3v) is 2.08. The molecule has 0 aliphatic carbocycles. The predicted octanol–water partition coefficient (Wildman–Crippen LogP) is 1.99. The van der Waals surface area contributed by atoms with E-state index >= 15 is 0 Å². The summed E-state index contributed by atoms with van der Waals surface area (Å²) in [4.78, 5) is 0. The van der Waals surface area contributed by atoms with Crippen LogP contribution in [0, 0.1) is 0 Å². The van der Waals surface area contributed by atoms with Crippen molar-refractivity contribution >= 4 is 0 Å². The first-order valence-corrected chi connectivity index (χ1v) is 5.28. The van der Waals surface area contributed by atoms with Crippen molar-refractivity contribution in [3.05, 3.63) is 42.0 Å². The van der Waals surface area contributed by atoms with Crippen LogP contribution in [-0.4, -0.2) is 27.3 Å². The Balaban J connectivity index is 2.47. The summed E-state index contributed by atoms with van der Waals surface area (Å²) in [6.45, 7) is 5.83. The monoisotopic (exact) mass is 221 g/mol. The number of methoxy groups -OCH3 is 1. The van der Waals surface area contributed by atoms with Crippen molar-refractivity contribution < 1.29 is 9.47 Å². The van der Waals surface area contributed by atoms with Crippen molar-refractivity contribution in [2.24, 2.45) is 0 Å². The van der Waals surface area contributed by atoms with Gasteiger partial charge in [-0.05, 0) is 30.3 Å². The Morgan fingerprint density at radius 3 is 2.94 bits per heavy atom. The van der Waals surface area contributed by atoms with Gasteiger partial charge in [-0.1, -0.05) is 18.7 Å². The van der Waals surface area contributed by atoms with Gasteiger partial charge in [-0.2, -0.15) is 0 Å². The quantitative estimate of drug-likeness (QED) is 0.714. The molecule has 0 radical (unpaired) electrons. The Bertz CT molecular complexity index is 336. The molecular weight excluding hydrogens is 202 g/mol. The zero-order valence-electron chi connectivity index (χ0n) is 9.95. The van der Waals surface area contributed by atoms with Crippen LogP contribution in [-0.2, 0) is 11.3 Å². The van der Waals surface area contributed by atoms with E-state index in [-0.39, 0.29) is 0 Å². The van der Waals surface area contributed by atoms with Gasteiger partial charge in [0.1, 0.15) is 12.4 Å². The summed E-state index contributed by atoms with van der Waals surface area (Å²) in [6, 6.07) is 7.89. The maximum absolute atomic E-state index is 5.61. The zero-order chi connectivity index (χ0) is 11.8. The third-order valence-electron chi connectivity index (χ3n) is 2.08. The minimum atomic E-state index is 0.539. The molecule has 1 aromatic carbocycles. The predicted molar refractivity (Wildman–Crippen MR) is 65.7 cm³/mol. The summed E-state index contributed by atoms with van der Waals surface area (Å²) in [5.41, 5.74) is 2.14. The molecule has 0 amide bonds. The molecule has 0 saturated carbocycles. The van der Waals surface area contributed by atoms with E-state index in [2.05, 4.69) is 11.9 Å². The Kier molecular flexibility index (Phi) is 5.61. The van der Waals surface area contributed by atoms with E-state index in [4.69, 9.17) is 9.47 Å². The van der Waals surface area contributed by atoms with E-state index in [1.807, 2.05) is 31.3 Å². The lowest BCUT2D eigenvalue weighted by Gasteiger charge is -2.09. The van der Waals surface area contributed by atoms with Crippen molar-refractivity contribution in [3.63, 3.8) is 0 Å². The topological polar surface area (TPSA) is 30.5 Å². The van der Waals surface area contributed by atoms with Crippen molar-refractivity contribution in [2.45, 2.75) is 6.61 Å². The lowest BCUT2D eigenvalue weighted by atomic mass is 10.2. The van der Waals surface area contributed by atoms with Crippen LogP contribution in [0.15, 0.2) is 36.4 Å². The zero-order valence-corrected chi connectivity index (χ0v) is 9.95. The van der Waals surface area contributed by atoms with Gasteiger partial charge >= 0.3 is 0 Å². The van der Waals surface area contributed by atoms with E-state index in [0.29, 0.717) is 13.2 Å². The molecule has 0 unspecified atom stereocenters. The second kappa shape index (κ2) is 7.04. The maximum Gasteiger partial charge on any atom is 0.120 e. The fourth-order valence-corrected chi connectivity index (χ4v) is 1.38. The van der Waals surface area contributed by atoms with Gasteiger partial charge in [-0.15, -0.1) is 0 Å². The van der Waals surface area contributed by atoms with Gasteiger partial charge in [0.2, 0.25) is 0 Å².